The predicted octanol–water partition coefficient (Wildman–Crippen LogP) is 1.21. The van der Waals surface area contributed by atoms with Gasteiger partial charge in [0.1, 0.15) is 0 Å². The second-order valence-corrected chi connectivity index (χ2v) is 3.44. The van der Waals surface area contributed by atoms with E-state index in [4.69, 9.17) is 14.9 Å². The van der Waals surface area contributed by atoms with Crippen molar-refractivity contribution in [1.29, 1.82) is 0 Å². The number of amides is 1. The first-order valence-electron chi connectivity index (χ1n) is 5.32. The third-order valence-electron chi connectivity index (χ3n) is 2.64. The van der Waals surface area contributed by atoms with E-state index in [1.807, 2.05) is 13.8 Å². The van der Waals surface area contributed by atoms with E-state index in [9.17, 15) is 4.79 Å². The average Bonchev–Trinajstić information content (AvgIpc) is 2.22. The van der Waals surface area contributed by atoms with Crippen molar-refractivity contribution in [3.05, 3.63) is 0 Å². The molecule has 0 aliphatic carbocycles. The Morgan fingerprint density at radius 2 is 2.00 bits per heavy atom. The third kappa shape index (κ3) is 5.59. The molecule has 0 aromatic heterocycles. The molecule has 0 aliphatic rings. The fraction of sp³-hybridized carbons (Fsp3) is 0.900. The Hall–Kier alpha value is -0.810. The summed E-state index contributed by atoms with van der Waals surface area (Å²) in [7, 11) is 0. The fourth-order valence-corrected chi connectivity index (χ4v) is 1.51. The molecule has 1 amide bonds. The average molecular weight is 219 g/mol. The highest BCUT2D eigenvalue weighted by Crippen LogP contribution is 2.23. The Morgan fingerprint density at radius 1 is 1.40 bits per heavy atom. The van der Waals surface area contributed by atoms with Gasteiger partial charge in [-0.05, 0) is 19.3 Å². The van der Waals surface area contributed by atoms with Crippen LogP contribution in [0.4, 0.5) is 4.79 Å². The first kappa shape index (κ1) is 14.2. The van der Waals surface area contributed by atoms with Gasteiger partial charge in [-0.3, -0.25) is 0 Å². The molecule has 90 valence electrons. The fourth-order valence-electron chi connectivity index (χ4n) is 1.51. The molecule has 0 rings (SSSR count). The molecule has 0 aromatic carbocycles. The zero-order valence-electron chi connectivity index (χ0n) is 9.45. The normalized spacial score (nSPS) is 11.4. The van der Waals surface area contributed by atoms with Gasteiger partial charge in [0.05, 0.1) is 12.2 Å². The Kier molecular flexibility index (Phi) is 7.07. The van der Waals surface area contributed by atoms with Gasteiger partial charge >= 0.3 is 6.09 Å². The summed E-state index contributed by atoms with van der Waals surface area (Å²) in [4.78, 5) is 10.2. The monoisotopic (exact) mass is 219 g/mol. The first-order chi connectivity index (χ1) is 7.10. The molecule has 0 unspecified atom stereocenters. The van der Waals surface area contributed by atoms with Gasteiger partial charge in [-0.1, -0.05) is 13.8 Å². The van der Waals surface area contributed by atoms with Gasteiger partial charge in [0.15, 0.2) is 0 Å². The van der Waals surface area contributed by atoms with Crippen LogP contribution in [-0.2, 0) is 4.74 Å². The Morgan fingerprint density at radius 3 is 2.40 bits per heavy atom. The van der Waals surface area contributed by atoms with Crippen LogP contribution in [-0.4, -0.2) is 41.7 Å². The summed E-state index contributed by atoms with van der Waals surface area (Å²) in [6.07, 6.45) is 1.18. The van der Waals surface area contributed by atoms with Gasteiger partial charge < -0.3 is 20.3 Å². The van der Waals surface area contributed by atoms with Crippen LogP contribution in [0.5, 0.6) is 0 Å². The Bertz CT molecular complexity index is 180. The van der Waals surface area contributed by atoms with Crippen LogP contribution in [0.2, 0.25) is 0 Å². The van der Waals surface area contributed by atoms with Crippen LogP contribution < -0.4 is 5.32 Å². The van der Waals surface area contributed by atoms with E-state index in [1.165, 1.54) is 0 Å². The molecule has 0 atom stereocenters. The SMILES string of the molecule is CCC(CC)(CCO)OCCNC(=O)O. The van der Waals surface area contributed by atoms with Gasteiger partial charge in [0, 0.05) is 13.2 Å². The van der Waals surface area contributed by atoms with Crippen LogP contribution in [0.1, 0.15) is 33.1 Å². The highest BCUT2D eigenvalue weighted by Gasteiger charge is 2.25. The lowest BCUT2D eigenvalue weighted by molar-refractivity contribution is -0.0633. The molecule has 15 heavy (non-hydrogen) atoms. The van der Waals surface area contributed by atoms with Crippen molar-refractivity contribution in [2.45, 2.75) is 38.7 Å². The Balaban J connectivity index is 3.89. The van der Waals surface area contributed by atoms with Gasteiger partial charge in [-0.25, -0.2) is 4.79 Å². The summed E-state index contributed by atoms with van der Waals surface area (Å²) in [5.41, 5.74) is -0.311. The van der Waals surface area contributed by atoms with Crippen LogP contribution in [0, 0.1) is 0 Å². The maximum atomic E-state index is 10.2. The molecule has 0 heterocycles. The summed E-state index contributed by atoms with van der Waals surface area (Å²) in [6.45, 7) is 4.72. The molecule has 0 radical (unpaired) electrons. The summed E-state index contributed by atoms with van der Waals surface area (Å²) < 4.78 is 5.63. The number of ether oxygens (including phenoxy) is 1. The second kappa shape index (κ2) is 7.48. The molecule has 0 saturated heterocycles. The third-order valence-corrected chi connectivity index (χ3v) is 2.64. The van der Waals surface area contributed by atoms with Crippen LogP contribution in [0.3, 0.4) is 0 Å². The number of carboxylic acid groups (broad SMARTS) is 1. The molecule has 5 heteroatoms. The lowest BCUT2D eigenvalue weighted by Crippen LogP contribution is -2.36. The minimum atomic E-state index is -1.04. The second-order valence-electron chi connectivity index (χ2n) is 3.44. The molecule has 0 fully saturated rings. The van der Waals surface area contributed by atoms with E-state index in [0.29, 0.717) is 13.0 Å². The minimum absolute atomic E-state index is 0.0913. The van der Waals surface area contributed by atoms with Crippen LogP contribution in [0.25, 0.3) is 0 Å². The Labute approximate surface area is 90.4 Å². The molecule has 5 nitrogen and oxygen atoms in total. The van der Waals surface area contributed by atoms with Gasteiger partial charge in [-0.15, -0.1) is 0 Å². The van der Waals surface area contributed by atoms with Crippen LogP contribution in [0.15, 0.2) is 0 Å². The first-order valence-corrected chi connectivity index (χ1v) is 5.32. The maximum absolute atomic E-state index is 10.2. The van der Waals surface area contributed by atoms with Crippen LogP contribution >= 0.6 is 0 Å². The zero-order valence-corrected chi connectivity index (χ0v) is 9.45. The molecular weight excluding hydrogens is 198 g/mol. The van der Waals surface area contributed by atoms with Crippen molar-refractivity contribution >= 4 is 6.09 Å². The molecule has 0 aliphatic heterocycles. The maximum Gasteiger partial charge on any atom is 0.404 e. The van der Waals surface area contributed by atoms with E-state index in [-0.39, 0.29) is 18.8 Å². The number of hydrogen-bond donors (Lipinski definition) is 3. The topological polar surface area (TPSA) is 78.8 Å². The lowest BCUT2D eigenvalue weighted by Gasteiger charge is -2.31. The van der Waals surface area contributed by atoms with E-state index < -0.39 is 6.09 Å². The molecule has 0 aromatic rings. The predicted molar refractivity (Wildman–Crippen MR) is 57.0 cm³/mol. The molecule has 3 N–H and O–H groups in total. The van der Waals surface area contributed by atoms with E-state index >= 15 is 0 Å². The molecule has 0 bridgehead atoms. The highest BCUT2D eigenvalue weighted by molar-refractivity contribution is 5.64. The van der Waals surface area contributed by atoms with Crippen molar-refractivity contribution in [2.24, 2.45) is 0 Å². The number of aliphatic hydroxyl groups excluding tert-OH is 1. The summed E-state index contributed by atoms with van der Waals surface area (Å²) in [5.74, 6) is 0. The van der Waals surface area contributed by atoms with E-state index in [1.54, 1.807) is 0 Å². The summed E-state index contributed by atoms with van der Waals surface area (Å²) >= 11 is 0. The summed E-state index contributed by atoms with van der Waals surface area (Å²) in [6, 6.07) is 0. The number of aliphatic hydroxyl groups is 1. The number of hydrogen-bond acceptors (Lipinski definition) is 3. The van der Waals surface area contributed by atoms with Gasteiger partial charge in [0.25, 0.3) is 0 Å². The van der Waals surface area contributed by atoms with Gasteiger partial charge in [0.2, 0.25) is 0 Å². The smallest absolute Gasteiger partial charge is 0.404 e. The molecule has 0 spiro atoms. The van der Waals surface area contributed by atoms with Crippen molar-refractivity contribution in [1.82, 2.24) is 5.32 Å². The standard InChI is InChI=1S/C10H21NO4/c1-3-10(4-2,5-7-12)15-8-6-11-9(13)14/h11-12H,3-8H2,1-2H3,(H,13,14). The van der Waals surface area contributed by atoms with E-state index in [0.717, 1.165) is 12.8 Å². The summed E-state index contributed by atoms with van der Waals surface area (Å²) in [5, 5.41) is 19.5. The van der Waals surface area contributed by atoms with E-state index in [2.05, 4.69) is 5.32 Å². The van der Waals surface area contributed by atoms with Crippen molar-refractivity contribution in [3.63, 3.8) is 0 Å². The van der Waals surface area contributed by atoms with Crippen molar-refractivity contribution in [2.75, 3.05) is 19.8 Å². The molecule has 0 saturated carbocycles. The zero-order chi connectivity index (χ0) is 11.7. The number of nitrogens with one attached hydrogen (secondary N) is 1. The van der Waals surface area contributed by atoms with Gasteiger partial charge in [-0.2, -0.15) is 0 Å². The minimum Gasteiger partial charge on any atom is -0.465 e. The lowest BCUT2D eigenvalue weighted by atomic mass is 9.93. The van der Waals surface area contributed by atoms with Crippen molar-refractivity contribution < 1.29 is 19.7 Å². The highest BCUT2D eigenvalue weighted by atomic mass is 16.5. The number of rotatable bonds is 8. The molecular formula is C10H21NO4. The van der Waals surface area contributed by atoms with Crippen molar-refractivity contribution in [3.8, 4) is 0 Å². The number of carbonyl (C=O) groups is 1. The quantitative estimate of drug-likeness (QED) is 0.536. The largest absolute Gasteiger partial charge is 0.465 e.